The summed E-state index contributed by atoms with van der Waals surface area (Å²) in [5.41, 5.74) is -1.76. The largest absolute Gasteiger partial charge is 0.433 e. The predicted molar refractivity (Wildman–Crippen MR) is 74.2 cm³/mol. The van der Waals surface area contributed by atoms with Crippen molar-refractivity contribution in [3.63, 3.8) is 0 Å². The Kier molecular flexibility index (Phi) is 4.42. The van der Waals surface area contributed by atoms with Gasteiger partial charge in [0.05, 0.1) is 12.3 Å². The summed E-state index contributed by atoms with van der Waals surface area (Å²) >= 11 is 0. The summed E-state index contributed by atoms with van der Waals surface area (Å²) in [5.74, 6) is -0.697. The molecule has 0 bridgehead atoms. The maximum absolute atomic E-state index is 12.7. The number of hydrogen-bond acceptors (Lipinski definition) is 4. The first-order chi connectivity index (χ1) is 10.7. The highest BCUT2D eigenvalue weighted by molar-refractivity contribution is 6.10. The van der Waals surface area contributed by atoms with E-state index >= 15 is 0 Å². The van der Waals surface area contributed by atoms with Crippen LogP contribution in [-0.4, -0.2) is 27.7 Å². The van der Waals surface area contributed by atoms with Gasteiger partial charge in [0.2, 0.25) is 5.78 Å². The van der Waals surface area contributed by atoms with Gasteiger partial charge in [-0.25, -0.2) is 4.98 Å². The lowest BCUT2D eigenvalue weighted by Gasteiger charge is -2.11. The number of carbonyl (C=O) groups excluding carboxylic acids is 1. The average Bonchev–Trinajstić information content (AvgIpc) is 2.71. The lowest BCUT2D eigenvalue weighted by Crippen LogP contribution is -2.21. The fraction of sp³-hybridized carbons (Fsp3) is 0.357. The molecule has 0 atom stereocenters. The lowest BCUT2D eigenvalue weighted by atomic mass is 10.0. The third-order valence-electron chi connectivity index (χ3n) is 3.25. The van der Waals surface area contributed by atoms with Gasteiger partial charge in [0.15, 0.2) is 0 Å². The predicted octanol–water partition coefficient (Wildman–Crippen LogP) is 1.81. The number of H-pyrrole nitrogens is 1. The summed E-state index contributed by atoms with van der Waals surface area (Å²) in [6, 6.07) is 1.72. The molecule has 0 saturated heterocycles. The van der Waals surface area contributed by atoms with Crippen molar-refractivity contribution in [2.75, 3.05) is 7.11 Å². The molecular weight excluding hydrogens is 315 g/mol. The van der Waals surface area contributed by atoms with Crippen molar-refractivity contribution in [2.45, 2.75) is 19.7 Å². The summed E-state index contributed by atoms with van der Waals surface area (Å²) < 4.78 is 44.2. The summed E-state index contributed by atoms with van der Waals surface area (Å²) in [4.78, 5) is 28.0. The maximum atomic E-state index is 12.7. The number of methoxy groups -OCH3 is 1. The van der Waals surface area contributed by atoms with Crippen molar-refractivity contribution in [3.05, 3.63) is 50.7 Å². The maximum Gasteiger partial charge on any atom is 0.433 e. The number of rotatable bonds is 4. The number of hydrogen-bond donors (Lipinski definition) is 1. The van der Waals surface area contributed by atoms with Crippen molar-refractivity contribution in [2.24, 2.45) is 7.05 Å². The standard InChI is InChI=1S/C14H14F3N3O3/c1-7-11(13(22)20(2)19-7)12(21)8-4-5-10(14(15,16)17)18-9(8)6-23-3/h4-5,19H,6H2,1-3H3. The van der Waals surface area contributed by atoms with E-state index < -0.39 is 23.2 Å². The van der Waals surface area contributed by atoms with Gasteiger partial charge < -0.3 is 4.74 Å². The third-order valence-corrected chi connectivity index (χ3v) is 3.25. The molecule has 124 valence electrons. The van der Waals surface area contributed by atoms with Gasteiger partial charge >= 0.3 is 6.18 Å². The monoisotopic (exact) mass is 329 g/mol. The number of ether oxygens (including phenoxy) is 1. The molecule has 0 spiro atoms. The second-order valence-corrected chi connectivity index (χ2v) is 4.93. The second kappa shape index (κ2) is 5.99. The highest BCUT2D eigenvalue weighted by Crippen LogP contribution is 2.29. The van der Waals surface area contributed by atoms with E-state index in [1.807, 2.05) is 0 Å². The molecule has 0 aromatic carbocycles. The fourth-order valence-corrected chi connectivity index (χ4v) is 2.20. The van der Waals surface area contributed by atoms with Crippen molar-refractivity contribution >= 4 is 5.78 Å². The molecule has 0 amide bonds. The van der Waals surface area contributed by atoms with E-state index in [1.165, 1.54) is 21.1 Å². The molecule has 6 nitrogen and oxygen atoms in total. The fourth-order valence-electron chi connectivity index (χ4n) is 2.20. The Bertz CT molecular complexity index is 806. The quantitative estimate of drug-likeness (QED) is 0.868. The smallest absolute Gasteiger partial charge is 0.378 e. The Labute approximate surface area is 128 Å². The van der Waals surface area contributed by atoms with Crippen LogP contribution in [0.25, 0.3) is 0 Å². The van der Waals surface area contributed by atoms with Gasteiger partial charge in [0.25, 0.3) is 5.56 Å². The topological polar surface area (TPSA) is 77.0 Å². The van der Waals surface area contributed by atoms with Gasteiger partial charge in [0.1, 0.15) is 11.3 Å². The van der Waals surface area contributed by atoms with Crippen molar-refractivity contribution in [1.29, 1.82) is 0 Å². The summed E-state index contributed by atoms with van der Waals surface area (Å²) in [7, 11) is 2.71. The molecular formula is C14H14F3N3O3. The number of halogens is 3. The van der Waals surface area contributed by atoms with Crippen LogP contribution in [0.4, 0.5) is 13.2 Å². The van der Waals surface area contributed by atoms with E-state index in [9.17, 15) is 22.8 Å². The number of alkyl halides is 3. The van der Waals surface area contributed by atoms with Crippen molar-refractivity contribution < 1.29 is 22.7 Å². The number of aromatic amines is 1. The first kappa shape index (κ1) is 16.9. The zero-order valence-electron chi connectivity index (χ0n) is 12.6. The van der Waals surface area contributed by atoms with Crippen molar-refractivity contribution in [3.8, 4) is 0 Å². The van der Waals surface area contributed by atoms with Gasteiger partial charge in [-0.05, 0) is 19.1 Å². The van der Waals surface area contributed by atoms with Gasteiger partial charge in [0, 0.05) is 25.4 Å². The number of ketones is 1. The van der Waals surface area contributed by atoms with E-state index in [4.69, 9.17) is 4.74 Å². The van der Waals surface area contributed by atoms with Crippen LogP contribution in [0.5, 0.6) is 0 Å². The number of aryl methyl sites for hydroxylation is 2. The van der Waals surface area contributed by atoms with Crippen LogP contribution in [-0.2, 0) is 24.6 Å². The third kappa shape index (κ3) is 3.19. The van der Waals surface area contributed by atoms with E-state index in [0.29, 0.717) is 11.8 Å². The van der Waals surface area contributed by atoms with E-state index in [0.717, 1.165) is 10.7 Å². The van der Waals surface area contributed by atoms with Crippen LogP contribution in [0.1, 0.15) is 33.0 Å². The Morgan fingerprint density at radius 3 is 2.52 bits per heavy atom. The van der Waals surface area contributed by atoms with Gasteiger partial charge in [-0.1, -0.05) is 0 Å². The van der Waals surface area contributed by atoms with Crippen LogP contribution >= 0.6 is 0 Å². The molecule has 0 unspecified atom stereocenters. The highest BCUT2D eigenvalue weighted by atomic mass is 19.4. The summed E-state index contributed by atoms with van der Waals surface area (Å²) in [6.07, 6.45) is -4.63. The molecule has 23 heavy (non-hydrogen) atoms. The SMILES string of the molecule is COCc1nc(C(F)(F)F)ccc1C(=O)c1c(C)[nH]n(C)c1=O. The van der Waals surface area contributed by atoms with Crippen molar-refractivity contribution in [1.82, 2.24) is 14.8 Å². The Morgan fingerprint density at radius 2 is 2.04 bits per heavy atom. The zero-order valence-corrected chi connectivity index (χ0v) is 12.6. The minimum atomic E-state index is -4.63. The van der Waals surface area contributed by atoms with Gasteiger partial charge in [-0.15, -0.1) is 0 Å². The normalized spacial score (nSPS) is 11.7. The molecule has 2 heterocycles. The minimum Gasteiger partial charge on any atom is -0.378 e. The molecule has 9 heteroatoms. The molecule has 2 aromatic rings. The number of pyridine rings is 1. The van der Waals surface area contributed by atoms with Crippen LogP contribution in [0, 0.1) is 6.92 Å². The first-order valence-corrected chi connectivity index (χ1v) is 6.53. The number of nitrogens with one attached hydrogen (secondary N) is 1. The first-order valence-electron chi connectivity index (χ1n) is 6.53. The van der Waals surface area contributed by atoms with Crippen LogP contribution < -0.4 is 5.56 Å². The number of aromatic nitrogens is 3. The Hall–Kier alpha value is -2.42. The van der Waals surface area contributed by atoms with Gasteiger partial charge in [-0.3, -0.25) is 19.4 Å². The highest BCUT2D eigenvalue weighted by Gasteiger charge is 2.34. The van der Waals surface area contributed by atoms with E-state index in [-0.39, 0.29) is 23.4 Å². The lowest BCUT2D eigenvalue weighted by molar-refractivity contribution is -0.141. The molecule has 1 N–H and O–H groups in total. The number of nitrogens with zero attached hydrogens (tertiary/aromatic N) is 2. The molecule has 0 saturated carbocycles. The van der Waals surface area contributed by atoms with E-state index in [1.54, 1.807) is 0 Å². The van der Waals surface area contributed by atoms with Gasteiger partial charge in [-0.2, -0.15) is 13.2 Å². The van der Waals surface area contributed by atoms with Crippen LogP contribution in [0.3, 0.4) is 0 Å². The molecule has 0 aliphatic rings. The Balaban J connectivity index is 2.58. The minimum absolute atomic E-state index is 0.0975. The van der Waals surface area contributed by atoms with Crippen LogP contribution in [0.2, 0.25) is 0 Å². The summed E-state index contributed by atoms with van der Waals surface area (Å²) in [6.45, 7) is 1.25. The van der Waals surface area contributed by atoms with E-state index in [2.05, 4.69) is 10.1 Å². The summed E-state index contributed by atoms with van der Waals surface area (Å²) in [5, 5.41) is 2.67. The Morgan fingerprint density at radius 1 is 1.39 bits per heavy atom. The zero-order chi connectivity index (χ0) is 17.4. The molecule has 0 aliphatic heterocycles. The molecule has 0 aliphatic carbocycles. The molecule has 0 fully saturated rings. The second-order valence-electron chi connectivity index (χ2n) is 4.93. The molecule has 0 radical (unpaired) electrons. The average molecular weight is 329 g/mol. The number of carbonyl (C=O) groups is 1. The van der Waals surface area contributed by atoms with Crippen LogP contribution in [0.15, 0.2) is 16.9 Å². The molecule has 2 rings (SSSR count). The molecule has 2 aromatic heterocycles.